The fourth-order valence-electron chi connectivity index (χ4n) is 1.84. The van der Waals surface area contributed by atoms with Gasteiger partial charge in [-0.05, 0) is 37.5 Å². The number of rotatable bonds is 6. The van der Waals surface area contributed by atoms with Crippen LogP contribution in [0.4, 0.5) is 0 Å². The summed E-state index contributed by atoms with van der Waals surface area (Å²) in [7, 11) is 0. The van der Waals surface area contributed by atoms with Crippen LogP contribution in [0, 0.1) is 6.92 Å². The summed E-state index contributed by atoms with van der Waals surface area (Å²) in [5.41, 5.74) is 1.83. The summed E-state index contributed by atoms with van der Waals surface area (Å²) < 4.78 is 5.58. The lowest BCUT2D eigenvalue weighted by molar-refractivity contribution is -0.137. The van der Waals surface area contributed by atoms with Gasteiger partial charge in [0.15, 0.2) is 0 Å². The van der Waals surface area contributed by atoms with Crippen LogP contribution in [0.5, 0.6) is 0 Å². The van der Waals surface area contributed by atoms with Gasteiger partial charge in [0.05, 0.1) is 0 Å². The minimum Gasteiger partial charge on any atom is -0.481 e. The Hall–Kier alpha value is -1.88. The number of hydrogen-bond acceptors (Lipinski definition) is 4. The third-order valence-electron chi connectivity index (χ3n) is 2.93. The summed E-state index contributed by atoms with van der Waals surface area (Å²) in [5.74, 6) is 0.175. The van der Waals surface area contributed by atoms with Crippen LogP contribution in [-0.4, -0.2) is 21.3 Å². The molecule has 0 aliphatic carbocycles. The van der Waals surface area contributed by atoms with Crippen LogP contribution in [0.1, 0.15) is 30.7 Å². The number of hydrogen-bond donors (Lipinski definition) is 1. The number of aromatic nitrogens is 2. The maximum atomic E-state index is 10.4. The Bertz CT molecular complexity index is 610. The van der Waals surface area contributed by atoms with Crippen molar-refractivity contribution >= 4 is 17.6 Å². The fraction of sp³-hybridized carbons (Fsp3) is 0.357. The van der Waals surface area contributed by atoms with Crippen molar-refractivity contribution in [2.24, 2.45) is 0 Å². The van der Waals surface area contributed by atoms with E-state index in [1.54, 1.807) is 6.07 Å². The number of carboxylic acid groups (broad SMARTS) is 1. The molecular weight excluding hydrogens is 280 g/mol. The molecule has 0 atom stereocenters. The highest BCUT2D eigenvalue weighted by molar-refractivity contribution is 6.30. The number of aliphatic carboxylic acids is 1. The van der Waals surface area contributed by atoms with Gasteiger partial charge in [-0.15, -0.1) is 10.2 Å². The molecule has 20 heavy (non-hydrogen) atoms. The third-order valence-corrected chi connectivity index (χ3v) is 3.16. The molecule has 0 fully saturated rings. The van der Waals surface area contributed by atoms with E-state index < -0.39 is 5.97 Å². The van der Waals surface area contributed by atoms with Gasteiger partial charge in [-0.25, -0.2) is 0 Å². The van der Waals surface area contributed by atoms with Crippen LogP contribution in [0.3, 0.4) is 0 Å². The van der Waals surface area contributed by atoms with Gasteiger partial charge < -0.3 is 9.52 Å². The van der Waals surface area contributed by atoms with Crippen molar-refractivity contribution in [1.29, 1.82) is 0 Å². The summed E-state index contributed by atoms with van der Waals surface area (Å²) in [6.07, 6.45) is 2.06. The Balaban J connectivity index is 2.01. The van der Waals surface area contributed by atoms with E-state index in [0.29, 0.717) is 36.1 Å². The van der Waals surface area contributed by atoms with Gasteiger partial charge in [-0.2, -0.15) is 0 Å². The van der Waals surface area contributed by atoms with E-state index in [4.69, 9.17) is 21.1 Å². The van der Waals surface area contributed by atoms with Crippen molar-refractivity contribution in [3.63, 3.8) is 0 Å². The zero-order valence-corrected chi connectivity index (χ0v) is 11.9. The number of unbranched alkanes of at least 4 members (excludes halogenated alkanes) is 1. The average molecular weight is 295 g/mol. The lowest BCUT2D eigenvalue weighted by Gasteiger charge is -2.00. The van der Waals surface area contributed by atoms with E-state index in [0.717, 1.165) is 11.1 Å². The molecule has 0 saturated heterocycles. The maximum absolute atomic E-state index is 10.4. The molecule has 0 saturated carbocycles. The first-order valence-corrected chi connectivity index (χ1v) is 6.75. The third kappa shape index (κ3) is 3.81. The standard InChI is InChI=1S/C14H15ClN2O3/c1-9-6-7-10(15)8-11(9)14-17-16-12(20-14)4-2-3-5-13(18)19/h6-8H,2-5H2,1H3,(H,18,19). The lowest BCUT2D eigenvalue weighted by Crippen LogP contribution is -1.95. The summed E-state index contributed by atoms with van der Waals surface area (Å²) >= 11 is 5.96. The van der Waals surface area contributed by atoms with E-state index >= 15 is 0 Å². The largest absolute Gasteiger partial charge is 0.481 e. The normalized spacial score (nSPS) is 10.7. The second kappa shape index (κ2) is 6.52. The van der Waals surface area contributed by atoms with Crippen molar-refractivity contribution in [1.82, 2.24) is 10.2 Å². The molecule has 0 radical (unpaired) electrons. The van der Waals surface area contributed by atoms with Crippen LogP contribution < -0.4 is 0 Å². The van der Waals surface area contributed by atoms with Crippen molar-refractivity contribution < 1.29 is 14.3 Å². The molecule has 1 heterocycles. The topological polar surface area (TPSA) is 76.2 Å². The average Bonchev–Trinajstić information content (AvgIpc) is 2.86. The maximum Gasteiger partial charge on any atom is 0.303 e. The van der Waals surface area contributed by atoms with E-state index in [-0.39, 0.29) is 6.42 Å². The predicted molar refractivity (Wildman–Crippen MR) is 74.7 cm³/mol. The Morgan fingerprint density at radius 2 is 2.15 bits per heavy atom. The number of carbonyl (C=O) groups is 1. The molecule has 1 aromatic carbocycles. The smallest absolute Gasteiger partial charge is 0.303 e. The Kier molecular flexibility index (Phi) is 4.74. The predicted octanol–water partition coefficient (Wildman–Crippen LogP) is 3.50. The van der Waals surface area contributed by atoms with Gasteiger partial charge >= 0.3 is 5.97 Å². The molecular formula is C14H15ClN2O3. The molecule has 0 bridgehead atoms. The van der Waals surface area contributed by atoms with Crippen molar-refractivity contribution in [3.05, 3.63) is 34.7 Å². The van der Waals surface area contributed by atoms with Crippen LogP contribution in [-0.2, 0) is 11.2 Å². The van der Waals surface area contributed by atoms with Crippen molar-refractivity contribution in [2.45, 2.75) is 32.6 Å². The number of benzene rings is 1. The van der Waals surface area contributed by atoms with Crippen molar-refractivity contribution in [2.75, 3.05) is 0 Å². The Morgan fingerprint density at radius 3 is 2.90 bits per heavy atom. The van der Waals surface area contributed by atoms with E-state index in [9.17, 15) is 4.79 Å². The van der Waals surface area contributed by atoms with Gasteiger partial charge in [0.1, 0.15) is 0 Å². The number of nitrogens with zero attached hydrogens (tertiary/aromatic N) is 2. The van der Waals surface area contributed by atoms with Crippen molar-refractivity contribution in [3.8, 4) is 11.5 Å². The number of carboxylic acids is 1. The summed E-state index contributed by atoms with van der Waals surface area (Å²) in [6.45, 7) is 1.95. The minimum atomic E-state index is -0.786. The molecule has 1 N–H and O–H groups in total. The molecule has 2 rings (SSSR count). The molecule has 0 amide bonds. The lowest BCUT2D eigenvalue weighted by atomic mass is 10.1. The SMILES string of the molecule is Cc1ccc(Cl)cc1-c1nnc(CCCCC(=O)O)o1. The van der Waals surface area contributed by atoms with Gasteiger partial charge in [0.2, 0.25) is 11.8 Å². The molecule has 0 spiro atoms. The second-order valence-corrected chi connectivity index (χ2v) is 5.00. The van der Waals surface area contributed by atoms with Crippen LogP contribution in [0.25, 0.3) is 11.5 Å². The zero-order chi connectivity index (χ0) is 14.5. The van der Waals surface area contributed by atoms with E-state index in [2.05, 4.69) is 10.2 Å². The summed E-state index contributed by atoms with van der Waals surface area (Å²) in [4.78, 5) is 10.4. The number of aryl methyl sites for hydroxylation is 2. The van der Waals surface area contributed by atoms with Crippen LogP contribution in [0.15, 0.2) is 22.6 Å². The highest BCUT2D eigenvalue weighted by Gasteiger charge is 2.11. The highest BCUT2D eigenvalue weighted by atomic mass is 35.5. The molecule has 0 unspecified atom stereocenters. The van der Waals surface area contributed by atoms with Crippen LogP contribution >= 0.6 is 11.6 Å². The first kappa shape index (κ1) is 14.5. The van der Waals surface area contributed by atoms with Gasteiger partial charge in [0, 0.05) is 23.4 Å². The highest BCUT2D eigenvalue weighted by Crippen LogP contribution is 2.25. The minimum absolute atomic E-state index is 0.161. The Morgan fingerprint density at radius 1 is 1.35 bits per heavy atom. The molecule has 0 aliphatic rings. The van der Waals surface area contributed by atoms with E-state index in [1.807, 2.05) is 19.1 Å². The van der Waals surface area contributed by atoms with Gasteiger partial charge in [-0.1, -0.05) is 17.7 Å². The first-order chi connectivity index (χ1) is 9.56. The molecule has 106 valence electrons. The quantitative estimate of drug-likeness (QED) is 0.825. The molecule has 5 nitrogen and oxygen atoms in total. The molecule has 6 heteroatoms. The first-order valence-electron chi connectivity index (χ1n) is 6.37. The summed E-state index contributed by atoms with van der Waals surface area (Å²) in [5, 5.41) is 17.2. The molecule has 2 aromatic rings. The fourth-order valence-corrected chi connectivity index (χ4v) is 2.01. The van der Waals surface area contributed by atoms with Gasteiger partial charge in [-0.3, -0.25) is 4.79 Å². The number of halogens is 1. The zero-order valence-electron chi connectivity index (χ0n) is 11.1. The second-order valence-electron chi connectivity index (χ2n) is 4.56. The molecule has 1 aromatic heterocycles. The van der Waals surface area contributed by atoms with E-state index in [1.165, 1.54) is 0 Å². The monoisotopic (exact) mass is 294 g/mol. The van der Waals surface area contributed by atoms with Gasteiger partial charge in [0.25, 0.3) is 0 Å². The molecule has 0 aliphatic heterocycles. The Labute approximate surface area is 121 Å². The summed E-state index contributed by atoms with van der Waals surface area (Å²) in [6, 6.07) is 5.50. The van der Waals surface area contributed by atoms with Crippen LogP contribution in [0.2, 0.25) is 5.02 Å².